The van der Waals surface area contributed by atoms with Crippen molar-refractivity contribution in [3.05, 3.63) is 77.0 Å². The van der Waals surface area contributed by atoms with Crippen LogP contribution in [0.5, 0.6) is 0 Å². The Morgan fingerprint density at radius 1 is 1.20 bits per heavy atom. The molecular weight excluding hydrogens is 382 g/mol. The number of aryl methyl sites for hydroxylation is 1. The van der Waals surface area contributed by atoms with Crippen molar-refractivity contribution in [3.8, 4) is 5.69 Å². The smallest absolute Gasteiger partial charge is 0.291 e. The van der Waals surface area contributed by atoms with E-state index in [0.29, 0.717) is 17.0 Å². The van der Waals surface area contributed by atoms with Gasteiger partial charge in [-0.25, -0.2) is 4.98 Å². The van der Waals surface area contributed by atoms with E-state index in [0.717, 1.165) is 21.1 Å². The minimum atomic E-state index is -0.264. The van der Waals surface area contributed by atoms with Crippen molar-refractivity contribution in [2.75, 3.05) is 5.32 Å². The first-order chi connectivity index (χ1) is 12.1. The molecular formula is C19H14BrN3O2. The number of nitrogens with one attached hydrogen (secondary N) is 1. The highest BCUT2D eigenvalue weighted by Crippen LogP contribution is 2.28. The largest absolute Gasteiger partial charge is 0.451 e. The third-order valence-electron chi connectivity index (χ3n) is 4.03. The predicted octanol–water partition coefficient (Wildman–Crippen LogP) is 4.94. The van der Waals surface area contributed by atoms with Gasteiger partial charge in [-0.15, -0.1) is 0 Å². The molecule has 0 spiro atoms. The van der Waals surface area contributed by atoms with Gasteiger partial charge in [0.25, 0.3) is 5.91 Å². The van der Waals surface area contributed by atoms with Crippen molar-refractivity contribution in [3.63, 3.8) is 0 Å². The third-order valence-corrected chi connectivity index (χ3v) is 4.53. The number of aromatic nitrogens is 2. The lowest BCUT2D eigenvalue weighted by Gasteiger charge is -2.06. The van der Waals surface area contributed by atoms with Gasteiger partial charge in [-0.1, -0.05) is 15.9 Å². The van der Waals surface area contributed by atoms with Crippen LogP contribution in [0.15, 0.2) is 70.1 Å². The van der Waals surface area contributed by atoms with Gasteiger partial charge in [0.05, 0.1) is 6.33 Å². The maximum absolute atomic E-state index is 12.6. The molecule has 0 atom stereocenters. The Balaban J connectivity index is 1.59. The highest BCUT2D eigenvalue weighted by atomic mass is 79.9. The zero-order valence-electron chi connectivity index (χ0n) is 13.4. The number of hydrogen-bond acceptors (Lipinski definition) is 3. The topological polar surface area (TPSA) is 60.1 Å². The molecule has 0 radical (unpaired) electrons. The van der Waals surface area contributed by atoms with E-state index in [1.807, 2.05) is 60.2 Å². The molecule has 0 saturated carbocycles. The molecule has 124 valence electrons. The second kappa shape index (κ2) is 6.22. The summed E-state index contributed by atoms with van der Waals surface area (Å²) in [4.78, 5) is 16.6. The van der Waals surface area contributed by atoms with Crippen LogP contribution < -0.4 is 5.32 Å². The first kappa shape index (κ1) is 15.7. The van der Waals surface area contributed by atoms with E-state index in [1.54, 1.807) is 12.5 Å². The highest BCUT2D eigenvalue weighted by Gasteiger charge is 2.18. The van der Waals surface area contributed by atoms with E-state index >= 15 is 0 Å². The number of imidazole rings is 1. The van der Waals surface area contributed by atoms with Crippen LogP contribution in [0.1, 0.15) is 16.1 Å². The molecule has 25 heavy (non-hydrogen) atoms. The molecule has 6 heteroatoms. The number of amides is 1. The summed E-state index contributed by atoms with van der Waals surface area (Å²) >= 11 is 3.44. The Morgan fingerprint density at radius 2 is 2.00 bits per heavy atom. The van der Waals surface area contributed by atoms with Crippen molar-refractivity contribution < 1.29 is 9.21 Å². The number of halogens is 1. The van der Waals surface area contributed by atoms with Gasteiger partial charge in [0.2, 0.25) is 0 Å². The molecule has 0 aliphatic carbocycles. The summed E-state index contributed by atoms with van der Waals surface area (Å²) in [5, 5.41) is 3.80. The van der Waals surface area contributed by atoms with Crippen LogP contribution in [0.3, 0.4) is 0 Å². The fraction of sp³-hybridized carbons (Fsp3) is 0.0526. The number of furan rings is 1. The molecule has 1 amide bonds. The highest BCUT2D eigenvalue weighted by molar-refractivity contribution is 9.10. The van der Waals surface area contributed by atoms with Gasteiger partial charge in [-0.3, -0.25) is 4.79 Å². The number of anilines is 1. The molecule has 0 unspecified atom stereocenters. The van der Waals surface area contributed by atoms with E-state index in [-0.39, 0.29) is 5.91 Å². The SMILES string of the molecule is Cc1c(C(=O)Nc2ccc(-n3ccnc3)cc2)oc2ccc(Br)cc12. The van der Waals surface area contributed by atoms with Crippen molar-refractivity contribution >= 4 is 38.5 Å². The summed E-state index contributed by atoms with van der Waals surface area (Å²) in [6.07, 6.45) is 5.31. The van der Waals surface area contributed by atoms with E-state index in [2.05, 4.69) is 26.2 Å². The summed E-state index contributed by atoms with van der Waals surface area (Å²) in [6, 6.07) is 13.2. The number of nitrogens with zero attached hydrogens (tertiary/aromatic N) is 2. The van der Waals surface area contributed by atoms with Crippen LogP contribution in [0.2, 0.25) is 0 Å². The van der Waals surface area contributed by atoms with Gasteiger partial charge in [-0.05, 0) is 49.4 Å². The van der Waals surface area contributed by atoms with Gasteiger partial charge in [0.1, 0.15) is 5.58 Å². The molecule has 2 aromatic heterocycles. The fourth-order valence-electron chi connectivity index (χ4n) is 2.73. The molecule has 0 aliphatic heterocycles. The van der Waals surface area contributed by atoms with Crippen LogP contribution in [0.4, 0.5) is 5.69 Å². The van der Waals surface area contributed by atoms with E-state index in [9.17, 15) is 4.79 Å². The van der Waals surface area contributed by atoms with Crippen molar-refractivity contribution in [2.24, 2.45) is 0 Å². The lowest BCUT2D eigenvalue weighted by molar-refractivity contribution is 0.0998. The van der Waals surface area contributed by atoms with E-state index < -0.39 is 0 Å². The summed E-state index contributed by atoms with van der Waals surface area (Å²) in [5.41, 5.74) is 3.19. The van der Waals surface area contributed by atoms with E-state index in [4.69, 9.17) is 4.42 Å². The lowest BCUT2D eigenvalue weighted by Crippen LogP contribution is -2.12. The molecule has 5 nitrogen and oxygen atoms in total. The first-order valence-corrected chi connectivity index (χ1v) is 8.49. The van der Waals surface area contributed by atoms with Gasteiger partial charge in [0, 0.05) is 39.2 Å². The molecule has 2 aromatic carbocycles. The zero-order valence-corrected chi connectivity index (χ0v) is 14.9. The van der Waals surface area contributed by atoms with Crippen molar-refractivity contribution in [2.45, 2.75) is 6.92 Å². The summed E-state index contributed by atoms with van der Waals surface area (Å²) in [5.74, 6) is 0.0620. The number of carbonyl (C=O) groups is 1. The Kier molecular flexibility index (Phi) is 3.89. The predicted molar refractivity (Wildman–Crippen MR) is 100 cm³/mol. The van der Waals surface area contributed by atoms with Crippen LogP contribution in [0, 0.1) is 6.92 Å². The Bertz CT molecular complexity index is 1050. The minimum Gasteiger partial charge on any atom is -0.451 e. The molecule has 1 N–H and O–H groups in total. The Morgan fingerprint density at radius 3 is 2.72 bits per heavy atom. The van der Waals surface area contributed by atoms with Crippen LogP contribution in [-0.2, 0) is 0 Å². The quantitative estimate of drug-likeness (QED) is 0.534. The van der Waals surface area contributed by atoms with Crippen LogP contribution >= 0.6 is 15.9 Å². The van der Waals surface area contributed by atoms with Crippen molar-refractivity contribution in [1.82, 2.24) is 9.55 Å². The molecule has 0 aliphatic rings. The maximum atomic E-state index is 12.6. The van der Waals surface area contributed by atoms with Crippen LogP contribution in [0.25, 0.3) is 16.7 Å². The number of fused-ring (bicyclic) bond motifs is 1. The molecule has 0 fully saturated rings. The maximum Gasteiger partial charge on any atom is 0.291 e. The van der Waals surface area contributed by atoms with Crippen LogP contribution in [-0.4, -0.2) is 15.5 Å². The second-order valence-corrected chi connectivity index (χ2v) is 6.58. The van der Waals surface area contributed by atoms with Gasteiger partial charge < -0.3 is 14.3 Å². The molecule has 2 heterocycles. The molecule has 0 bridgehead atoms. The van der Waals surface area contributed by atoms with Crippen molar-refractivity contribution in [1.29, 1.82) is 0 Å². The average Bonchev–Trinajstić information content (AvgIpc) is 3.25. The Hall–Kier alpha value is -2.86. The average molecular weight is 396 g/mol. The number of benzene rings is 2. The monoisotopic (exact) mass is 395 g/mol. The molecule has 4 aromatic rings. The minimum absolute atomic E-state index is 0.264. The van der Waals surface area contributed by atoms with Gasteiger partial charge in [0.15, 0.2) is 5.76 Å². The number of rotatable bonds is 3. The Labute approximate surface area is 152 Å². The summed E-state index contributed by atoms with van der Waals surface area (Å²) in [7, 11) is 0. The number of carbonyl (C=O) groups excluding carboxylic acids is 1. The zero-order chi connectivity index (χ0) is 17.4. The number of hydrogen-bond donors (Lipinski definition) is 1. The first-order valence-electron chi connectivity index (χ1n) is 7.70. The normalized spacial score (nSPS) is 11.0. The summed E-state index contributed by atoms with van der Waals surface area (Å²) < 4.78 is 8.57. The molecule has 4 rings (SSSR count). The second-order valence-electron chi connectivity index (χ2n) is 5.67. The van der Waals surface area contributed by atoms with E-state index in [1.165, 1.54) is 0 Å². The standard InChI is InChI=1S/C19H14BrN3O2/c1-12-16-10-13(20)2-7-17(16)25-18(12)19(24)22-14-3-5-15(6-4-14)23-9-8-21-11-23/h2-11H,1H3,(H,22,24). The fourth-order valence-corrected chi connectivity index (χ4v) is 3.09. The third kappa shape index (κ3) is 2.96. The summed E-state index contributed by atoms with van der Waals surface area (Å²) in [6.45, 7) is 1.88. The van der Waals surface area contributed by atoms with Gasteiger partial charge in [-0.2, -0.15) is 0 Å². The van der Waals surface area contributed by atoms with Gasteiger partial charge >= 0.3 is 0 Å². The molecule has 0 saturated heterocycles. The lowest BCUT2D eigenvalue weighted by atomic mass is 10.1.